The zero-order chi connectivity index (χ0) is 28.1. The quantitative estimate of drug-likeness (QED) is 0.163. The summed E-state index contributed by atoms with van der Waals surface area (Å²) in [5, 5.41) is 12.4. The molecule has 0 saturated carbocycles. The highest BCUT2D eigenvalue weighted by Crippen LogP contribution is 2.46. The summed E-state index contributed by atoms with van der Waals surface area (Å²) in [6, 6.07) is 14.7. The molecule has 1 amide bonds. The molecule has 3 aromatic carbocycles. The number of benzene rings is 3. The van der Waals surface area contributed by atoms with Crippen molar-refractivity contribution >= 4 is 55.7 Å². The number of fused-ring (bicyclic) bond motifs is 2. The second-order valence-corrected chi connectivity index (χ2v) is 11.0. The molecule has 0 radical (unpaired) electrons. The molecule has 1 fully saturated rings. The van der Waals surface area contributed by atoms with Crippen LogP contribution in [0.1, 0.15) is 36.6 Å². The fourth-order valence-corrected chi connectivity index (χ4v) is 6.46. The van der Waals surface area contributed by atoms with Crippen molar-refractivity contribution < 1.29 is 28.9 Å². The molecular formula is C30H25ClN2O6S. The Balaban J connectivity index is 1.55. The van der Waals surface area contributed by atoms with Crippen LogP contribution in [0.4, 0.5) is 5.13 Å². The topological polar surface area (TPSA) is 98.2 Å². The minimum Gasteiger partial charge on any atom is -0.507 e. The van der Waals surface area contributed by atoms with E-state index in [9.17, 15) is 14.7 Å². The molecule has 1 N–H and O–H groups in total. The molecule has 8 nitrogen and oxygen atoms in total. The van der Waals surface area contributed by atoms with Gasteiger partial charge in [0.05, 0.1) is 35.5 Å². The molecule has 0 aliphatic carbocycles. The average Bonchev–Trinajstić information content (AvgIpc) is 3.60. The van der Waals surface area contributed by atoms with Crippen LogP contribution < -0.4 is 19.1 Å². The molecule has 6 rings (SSSR count). The van der Waals surface area contributed by atoms with Gasteiger partial charge in [-0.15, -0.1) is 0 Å². The van der Waals surface area contributed by atoms with Crippen LogP contribution in [-0.2, 0) is 16.0 Å². The van der Waals surface area contributed by atoms with Gasteiger partial charge in [-0.1, -0.05) is 29.0 Å². The van der Waals surface area contributed by atoms with Crippen LogP contribution in [0.5, 0.6) is 17.2 Å². The van der Waals surface area contributed by atoms with Gasteiger partial charge in [0.15, 0.2) is 16.6 Å². The van der Waals surface area contributed by atoms with E-state index in [-0.39, 0.29) is 17.4 Å². The van der Waals surface area contributed by atoms with E-state index in [1.807, 2.05) is 13.8 Å². The van der Waals surface area contributed by atoms with Gasteiger partial charge in [-0.25, -0.2) is 4.98 Å². The molecule has 204 valence electrons. The van der Waals surface area contributed by atoms with Crippen LogP contribution >= 0.6 is 22.9 Å². The fourth-order valence-electron chi connectivity index (χ4n) is 5.19. The van der Waals surface area contributed by atoms with E-state index < -0.39 is 17.7 Å². The lowest BCUT2D eigenvalue weighted by Crippen LogP contribution is -2.29. The number of halogens is 1. The molecule has 3 heterocycles. The minimum atomic E-state index is -0.968. The third kappa shape index (κ3) is 4.35. The molecule has 2 atom stereocenters. The Morgan fingerprint density at radius 3 is 2.75 bits per heavy atom. The van der Waals surface area contributed by atoms with E-state index in [2.05, 4.69) is 4.98 Å². The molecule has 0 unspecified atom stereocenters. The first kappa shape index (κ1) is 26.2. The van der Waals surface area contributed by atoms with E-state index in [4.69, 9.17) is 25.8 Å². The van der Waals surface area contributed by atoms with Crippen molar-refractivity contribution in [2.75, 3.05) is 18.6 Å². The number of aliphatic hydroxyl groups is 1. The molecule has 0 spiro atoms. The number of carbonyl (C=O) groups is 2. The maximum absolute atomic E-state index is 13.6. The highest BCUT2D eigenvalue weighted by molar-refractivity contribution is 7.22. The molecule has 0 bridgehead atoms. The monoisotopic (exact) mass is 576 g/mol. The van der Waals surface area contributed by atoms with Gasteiger partial charge in [-0.3, -0.25) is 14.5 Å². The standard InChI is InChI=1S/C30H25ClN2O6S/c1-4-38-22-10-5-16(13-23(22)37-3)26-25(27(34)17-6-9-21-18(12-17)11-15(2)39-21)28(35)29(36)33(26)30-32-20-8-7-19(31)14-24(20)40-30/h5-10,12-15,26,34H,4,11H2,1-3H3/t15-,26-/m0/s1. The van der Waals surface area contributed by atoms with Crippen molar-refractivity contribution in [3.63, 3.8) is 0 Å². The highest BCUT2D eigenvalue weighted by Gasteiger charge is 2.48. The fraction of sp³-hybridized carbons (Fsp3) is 0.233. The van der Waals surface area contributed by atoms with Gasteiger partial charge >= 0.3 is 5.91 Å². The van der Waals surface area contributed by atoms with Crippen LogP contribution in [0.3, 0.4) is 0 Å². The smallest absolute Gasteiger partial charge is 0.301 e. The van der Waals surface area contributed by atoms with Gasteiger partial charge in [-0.05, 0) is 73.5 Å². The average molecular weight is 577 g/mol. The maximum Gasteiger partial charge on any atom is 0.301 e. The second-order valence-electron chi connectivity index (χ2n) is 9.58. The number of amides is 1. The summed E-state index contributed by atoms with van der Waals surface area (Å²) in [7, 11) is 1.52. The van der Waals surface area contributed by atoms with E-state index >= 15 is 0 Å². The van der Waals surface area contributed by atoms with Gasteiger partial charge in [0.25, 0.3) is 5.78 Å². The van der Waals surface area contributed by atoms with Gasteiger partial charge in [-0.2, -0.15) is 0 Å². The van der Waals surface area contributed by atoms with E-state index in [1.54, 1.807) is 54.6 Å². The lowest BCUT2D eigenvalue weighted by molar-refractivity contribution is -0.132. The van der Waals surface area contributed by atoms with Crippen molar-refractivity contribution in [2.45, 2.75) is 32.4 Å². The molecule has 40 heavy (non-hydrogen) atoms. The Morgan fingerprint density at radius 2 is 1.98 bits per heavy atom. The number of carbonyl (C=O) groups excluding carboxylic acids is 2. The number of ketones is 1. The minimum absolute atomic E-state index is 0.0156. The molecule has 2 aliphatic heterocycles. The maximum atomic E-state index is 13.6. The van der Waals surface area contributed by atoms with Crippen LogP contribution in [0, 0.1) is 0 Å². The van der Waals surface area contributed by atoms with E-state index in [0.717, 1.165) is 16.0 Å². The SMILES string of the molecule is CCOc1ccc([C@H]2C(=C(O)c3ccc4c(c3)C[C@H](C)O4)C(=O)C(=O)N2c2nc3ccc(Cl)cc3s2)cc1OC. The number of rotatable bonds is 6. The van der Waals surface area contributed by atoms with Crippen LogP contribution in [0.15, 0.2) is 60.2 Å². The summed E-state index contributed by atoms with van der Waals surface area (Å²) in [4.78, 5) is 33.2. The van der Waals surface area contributed by atoms with Crippen molar-refractivity contribution in [1.82, 2.24) is 4.98 Å². The summed E-state index contributed by atoms with van der Waals surface area (Å²) in [6.07, 6.45) is 0.695. The number of aromatic nitrogens is 1. The number of aliphatic hydroxyl groups excluding tert-OH is 1. The first-order chi connectivity index (χ1) is 19.3. The van der Waals surface area contributed by atoms with E-state index in [1.165, 1.54) is 23.3 Å². The predicted molar refractivity (Wildman–Crippen MR) is 154 cm³/mol. The molecule has 4 aromatic rings. The number of thiazole rings is 1. The first-order valence-electron chi connectivity index (χ1n) is 12.8. The molecule has 1 aromatic heterocycles. The van der Waals surface area contributed by atoms with Gasteiger partial charge in [0.2, 0.25) is 0 Å². The summed E-state index contributed by atoms with van der Waals surface area (Å²) in [6.45, 7) is 4.27. The van der Waals surface area contributed by atoms with Crippen LogP contribution in [0.2, 0.25) is 5.02 Å². The Bertz CT molecular complexity index is 1710. The number of anilines is 1. The summed E-state index contributed by atoms with van der Waals surface area (Å²) >= 11 is 7.43. The molecule has 10 heteroatoms. The predicted octanol–water partition coefficient (Wildman–Crippen LogP) is 6.31. The zero-order valence-corrected chi connectivity index (χ0v) is 23.5. The zero-order valence-electron chi connectivity index (χ0n) is 21.9. The van der Waals surface area contributed by atoms with Crippen molar-refractivity contribution in [1.29, 1.82) is 0 Å². The van der Waals surface area contributed by atoms with Gasteiger partial charge in [0, 0.05) is 17.0 Å². The number of nitrogens with zero attached hydrogens (tertiary/aromatic N) is 2. The summed E-state index contributed by atoms with van der Waals surface area (Å²) in [5.74, 6) is -0.172. The summed E-state index contributed by atoms with van der Waals surface area (Å²) < 4.78 is 17.8. The van der Waals surface area contributed by atoms with Crippen LogP contribution in [0.25, 0.3) is 16.0 Å². The van der Waals surface area contributed by atoms with Gasteiger partial charge in [0.1, 0.15) is 17.6 Å². The Hall–Kier alpha value is -4.08. The first-order valence-corrected chi connectivity index (χ1v) is 14.0. The largest absolute Gasteiger partial charge is 0.507 e. The Labute approximate surface area is 239 Å². The highest BCUT2D eigenvalue weighted by atomic mass is 35.5. The third-order valence-corrected chi connectivity index (χ3v) is 8.21. The normalized spacial score (nSPS) is 19.6. The molecule has 1 saturated heterocycles. The lowest BCUT2D eigenvalue weighted by atomic mass is 9.94. The Kier molecular flexibility index (Phi) is 6.64. The number of hydrogen-bond donors (Lipinski definition) is 1. The lowest BCUT2D eigenvalue weighted by Gasteiger charge is -2.24. The van der Waals surface area contributed by atoms with Gasteiger partial charge < -0.3 is 19.3 Å². The van der Waals surface area contributed by atoms with E-state index in [0.29, 0.717) is 51.3 Å². The second kappa shape index (κ2) is 10.1. The van der Waals surface area contributed by atoms with Crippen molar-refractivity contribution in [2.24, 2.45) is 0 Å². The number of Topliss-reactive ketones (excluding diaryl/α,β-unsaturated/α-hetero) is 1. The number of hydrogen-bond acceptors (Lipinski definition) is 8. The third-order valence-electron chi connectivity index (χ3n) is 6.96. The van der Waals surface area contributed by atoms with Crippen LogP contribution in [-0.4, -0.2) is 41.6 Å². The summed E-state index contributed by atoms with van der Waals surface area (Å²) in [5.41, 5.74) is 2.50. The number of methoxy groups -OCH3 is 1. The van der Waals surface area contributed by atoms with Crippen molar-refractivity contribution in [3.05, 3.63) is 81.9 Å². The molecular weight excluding hydrogens is 552 g/mol. The molecule has 2 aliphatic rings. The number of ether oxygens (including phenoxy) is 3. The van der Waals surface area contributed by atoms with Crippen molar-refractivity contribution in [3.8, 4) is 17.2 Å². The Morgan fingerprint density at radius 1 is 1.15 bits per heavy atom.